The first-order valence-corrected chi connectivity index (χ1v) is 5.88. The van der Waals surface area contributed by atoms with Crippen LogP contribution in [0.25, 0.3) is 0 Å². The molecule has 0 aliphatic rings. The van der Waals surface area contributed by atoms with Gasteiger partial charge in [-0.05, 0) is 18.2 Å². The van der Waals surface area contributed by atoms with Gasteiger partial charge in [0.25, 0.3) is 0 Å². The highest BCUT2D eigenvalue weighted by atomic mass is 35.5. The molecule has 17 heavy (non-hydrogen) atoms. The molecule has 0 aliphatic heterocycles. The third-order valence-electron chi connectivity index (χ3n) is 2.28. The molecule has 2 heterocycles. The molecule has 2 aromatic rings. The van der Waals surface area contributed by atoms with Crippen molar-refractivity contribution in [3.8, 4) is 0 Å². The molecule has 4 nitrogen and oxygen atoms in total. The first-order chi connectivity index (χ1) is 7.99. The second kappa shape index (κ2) is 4.35. The average molecular weight is 270 g/mol. The van der Waals surface area contributed by atoms with Crippen LogP contribution in [0, 0.1) is 0 Å². The fourth-order valence-corrected chi connectivity index (χ4v) is 2.49. The minimum Gasteiger partial charge on any atom is -0.477 e. The molecule has 0 radical (unpaired) electrons. The minimum absolute atomic E-state index is 0.0796. The number of hydrogen-bond acceptors (Lipinski definition) is 3. The second-order valence-corrected chi connectivity index (χ2v) is 5.18. The second-order valence-electron chi connectivity index (χ2n) is 3.46. The van der Waals surface area contributed by atoms with Gasteiger partial charge in [0.15, 0.2) is 0 Å². The van der Waals surface area contributed by atoms with Crippen molar-refractivity contribution >= 4 is 34.7 Å². The molecule has 6 heteroatoms. The van der Waals surface area contributed by atoms with Crippen molar-refractivity contribution in [2.45, 2.75) is 0 Å². The molecule has 0 spiro atoms. The summed E-state index contributed by atoms with van der Waals surface area (Å²) in [6, 6.07) is 4.63. The van der Waals surface area contributed by atoms with Crippen LogP contribution in [0.1, 0.15) is 25.7 Å². The van der Waals surface area contributed by atoms with Crippen LogP contribution in [-0.4, -0.2) is 21.4 Å². The van der Waals surface area contributed by atoms with Gasteiger partial charge in [-0.1, -0.05) is 11.6 Å². The number of aryl methyl sites for hydroxylation is 1. The lowest BCUT2D eigenvalue weighted by Crippen LogP contribution is -2.02. The lowest BCUT2D eigenvalue weighted by Gasteiger charge is -1.93. The van der Waals surface area contributed by atoms with Gasteiger partial charge in [0.2, 0.25) is 5.78 Å². The molecule has 0 aromatic carbocycles. The van der Waals surface area contributed by atoms with Gasteiger partial charge in [0, 0.05) is 18.8 Å². The average Bonchev–Trinajstić information content (AvgIpc) is 2.83. The summed E-state index contributed by atoms with van der Waals surface area (Å²) in [7, 11) is 1.58. The van der Waals surface area contributed by atoms with Crippen molar-refractivity contribution in [1.29, 1.82) is 0 Å². The van der Waals surface area contributed by atoms with Crippen LogP contribution in [0.5, 0.6) is 0 Å². The predicted octanol–water partition coefficient (Wildman–Crippen LogP) is 2.67. The van der Waals surface area contributed by atoms with Crippen LogP contribution in [-0.2, 0) is 7.05 Å². The van der Waals surface area contributed by atoms with Gasteiger partial charge < -0.3 is 9.67 Å². The van der Waals surface area contributed by atoms with Crippen molar-refractivity contribution in [2.24, 2.45) is 7.05 Å². The molecule has 0 fully saturated rings. The van der Waals surface area contributed by atoms with Crippen LogP contribution < -0.4 is 0 Å². The lowest BCUT2D eigenvalue weighted by atomic mass is 10.2. The van der Waals surface area contributed by atoms with Crippen molar-refractivity contribution in [2.75, 3.05) is 0 Å². The van der Waals surface area contributed by atoms with Crippen molar-refractivity contribution in [3.63, 3.8) is 0 Å². The number of aromatic carboxylic acids is 1. The van der Waals surface area contributed by atoms with Crippen LogP contribution >= 0.6 is 22.9 Å². The van der Waals surface area contributed by atoms with Crippen LogP contribution in [0.3, 0.4) is 0 Å². The van der Waals surface area contributed by atoms with E-state index in [1.54, 1.807) is 19.2 Å². The SMILES string of the molecule is Cn1cc(C(=O)c2ccc(Cl)s2)cc1C(=O)O. The zero-order valence-corrected chi connectivity index (χ0v) is 10.4. The highest BCUT2D eigenvalue weighted by Gasteiger charge is 2.17. The summed E-state index contributed by atoms with van der Waals surface area (Å²) in [4.78, 5) is 23.3. The molecule has 0 amide bonds. The van der Waals surface area contributed by atoms with Crippen molar-refractivity contribution in [1.82, 2.24) is 4.57 Å². The zero-order valence-electron chi connectivity index (χ0n) is 8.81. The number of carboxylic acids is 1. The Balaban J connectivity index is 2.38. The maximum absolute atomic E-state index is 12.0. The van der Waals surface area contributed by atoms with E-state index in [-0.39, 0.29) is 11.5 Å². The van der Waals surface area contributed by atoms with E-state index >= 15 is 0 Å². The first-order valence-electron chi connectivity index (χ1n) is 4.68. The number of halogens is 1. The Kier molecular flexibility index (Phi) is 3.04. The number of carboxylic acid groups (broad SMARTS) is 1. The summed E-state index contributed by atoms with van der Waals surface area (Å²) in [5.41, 5.74) is 0.430. The Morgan fingerprint density at radius 3 is 2.59 bits per heavy atom. The Bertz CT molecular complexity index is 600. The summed E-state index contributed by atoms with van der Waals surface area (Å²) in [6.07, 6.45) is 1.50. The Labute approximate surface area is 106 Å². The standard InChI is InChI=1S/C11H8ClNO3S/c1-13-5-6(4-7(13)11(15)16)10(14)8-2-3-9(12)17-8/h2-5H,1H3,(H,15,16). The van der Waals surface area contributed by atoms with Crippen LogP contribution in [0.15, 0.2) is 24.4 Å². The minimum atomic E-state index is -1.06. The Morgan fingerprint density at radius 2 is 2.12 bits per heavy atom. The van der Waals surface area contributed by atoms with E-state index in [1.807, 2.05) is 0 Å². The number of aromatic nitrogens is 1. The number of hydrogen-bond donors (Lipinski definition) is 1. The molecule has 1 N–H and O–H groups in total. The smallest absolute Gasteiger partial charge is 0.352 e. The van der Waals surface area contributed by atoms with E-state index in [0.717, 1.165) is 0 Å². The predicted molar refractivity (Wildman–Crippen MR) is 65.1 cm³/mol. The van der Waals surface area contributed by atoms with Crippen LogP contribution in [0.4, 0.5) is 0 Å². The molecule has 2 aromatic heterocycles. The number of nitrogens with zero attached hydrogens (tertiary/aromatic N) is 1. The Morgan fingerprint density at radius 1 is 1.41 bits per heavy atom. The Hall–Kier alpha value is -1.59. The largest absolute Gasteiger partial charge is 0.477 e. The van der Waals surface area contributed by atoms with Gasteiger partial charge in [-0.3, -0.25) is 4.79 Å². The topological polar surface area (TPSA) is 59.3 Å². The number of rotatable bonds is 3. The van der Waals surface area contributed by atoms with Crippen LogP contribution in [0.2, 0.25) is 4.34 Å². The summed E-state index contributed by atoms with van der Waals surface area (Å²) in [5.74, 6) is -1.28. The molecule has 0 saturated heterocycles. The molecule has 0 unspecified atom stereocenters. The first kappa shape index (κ1) is 11.9. The highest BCUT2D eigenvalue weighted by Crippen LogP contribution is 2.24. The number of carbonyl (C=O) groups excluding carboxylic acids is 1. The summed E-state index contributed by atoms with van der Waals surface area (Å²) < 4.78 is 1.94. The fourth-order valence-electron chi connectivity index (χ4n) is 1.48. The van der Waals surface area contributed by atoms with Gasteiger partial charge in [0.1, 0.15) is 5.69 Å². The van der Waals surface area contributed by atoms with E-state index in [1.165, 1.54) is 28.2 Å². The number of ketones is 1. The third kappa shape index (κ3) is 2.25. The number of carbonyl (C=O) groups is 2. The van der Waals surface area contributed by atoms with E-state index < -0.39 is 5.97 Å². The van der Waals surface area contributed by atoms with E-state index in [0.29, 0.717) is 14.8 Å². The molecular weight excluding hydrogens is 262 g/mol. The van der Waals surface area contributed by atoms with Gasteiger partial charge >= 0.3 is 5.97 Å². The van der Waals surface area contributed by atoms with Gasteiger partial charge in [-0.2, -0.15) is 0 Å². The van der Waals surface area contributed by atoms with Crippen molar-refractivity contribution in [3.05, 3.63) is 44.9 Å². The van der Waals surface area contributed by atoms with Crippen molar-refractivity contribution < 1.29 is 14.7 Å². The number of thiophene rings is 1. The van der Waals surface area contributed by atoms with Gasteiger partial charge in [0.05, 0.1) is 9.21 Å². The summed E-state index contributed by atoms with van der Waals surface area (Å²) in [5, 5.41) is 8.88. The maximum Gasteiger partial charge on any atom is 0.352 e. The summed E-state index contributed by atoms with van der Waals surface area (Å²) >= 11 is 6.92. The lowest BCUT2D eigenvalue weighted by molar-refractivity contribution is 0.0686. The molecule has 0 atom stereocenters. The molecule has 0 aliphatic carbocycles. The highest BCUT2D eigenvalue weighted by molar-refractivity contribution is 7.18. The third-order valence-corrected chi connectivity index (χ3v) is 3.51. The molecular formula is C11H8ClNO3S. The van der Waals surface area contributed by atoms with Gasteiger partial charge in [-0.25, -0.2) is 4.79 Å². The molecule has 88 valence electrons. The fraction of sp³-hybridized carbons (Fsp3) is 0.0909. The van der Waals surface area contributed by atoms with Gasteiger partial charge in [-0.15, -0.1) is 11.3 Å². The normalized spacial score (nSPS) is 10.5. The van der Waals surface area contributed by atoms with E-state index in [9.17, 15) is 9.59 Å². The van der Waals surface area contributed by atoms with E-state index in [4.69, 9.17) is 16.7 Å². The monoisotopic (exact) mass is 269 g/mol. The molecule has 2 rings (SSSR count). The quantitative estimate of drug-likeness (QED) is 0.872. The van der Waals surface area contributed by atoms with E-state index in [2.05, 4.69) is 0 Å². The summed E-state index contributed by atoms with van der Waals surface area (Å²) in [6.45, 7) is 0. The molecule has 0 bridgehead atoms. The molecule has 0 saturated carbocycles. The maximum atomic E-state index is 12.0. The zero-order chi connectivity index (χ0) is 12.6.